The van der Waals surface area contributed by atoms with E-state index in [0.717, 1.165) is 12.4 Å². The second-order valence-corrected chi connectivity index (χ2v) is 6.23. The van der Waals surface area contributed by atoms with Gasteiger partial charge >= 0.3 is 15.6 Å². The Labute approximate surface area is 124 Å². The molecule has 0 unspecified atom stereocenters. The molecule has 0 N–H and O–H groups in total. The largest absolute Gasteiger partial charge is 0.534 e. The Morgan fingerprint density at radius 3 is 2.45 bits per heavy atom. The highest BCUT2D eigenvalue weighted by Crippen LogP contribution is 2.33. The van der Waals surface area contributed by atoms with Crippen molar-refractivity contribution in [2.75, 3.05) is 0 Å². The van der Waals surface area contributed by atoms with Gasteiger partial charge in [-0.1, -0.05) is 11.6 Å². The van der Waals surface area contributed by atoms with Gasteiger partial charge in [-0.2, -0.15) is 21.6 Å². The van der Waals surface area contributed by atoms with Gasteiger partial charge in [-0.25, -0.2) is 9.97 Å². The number of hydrogen-bond acceptors (Lipinski definition) is 5. The van der Waals surface area contributed by atoms with E-state index < -0.39 is 21.5 Å². The summed E-state index contributed by atoms with van der Waals surface area (Å²) in [6.07, 6.45) is 2.16. The molecule has 0 bridgehead atoms. The lowest BCUT2D eigenvalue weighted by atomic mass is 10.2. The lowest BCUT2D eigenvalue weighted by Crippen LogP contribution is -2.28. The summed E-state index contributed by atoms with van der Waals surface area (Å²) in [5.74, 6) is -0.732. The minimum atomic E-state index is -5.80. The first kappa shape index (κ1) is 15.3. The topological polar surface area (TPSA) is 69.2 Å². The van der Waals surface area contributed by atoms with Crippen LogP contribution in [0.2, 0.25) is 5.15 Å². The smallest absolute Gasteiger partial charge is 0.355 e. The predicted octanol–water partition coefficient (Wildman–Crippen LogP) is 3.27. The lowest BCUT2D eigenvalue weighted by Gasteiger charge is -2.10. The number of fused-ring (bicyclic) bond motifs is 1. The Balaban J connectivity index is 2.60. The summed E-state index contributed by atoms with van der Waals surface area (Å²) < 4.78 is 63.2. The summed E-state index contributed by atoms with van der Waals surface area (Å²) in [7, 11) is -5.80. The molecule has 0 aliphatic heterocycles. The van der Waals surface area contributed by atoms with Crippen molar-refractivity contribution < 1.29 is 25.8 Å². The van der Waals surface area contributed by atoms with Crippen LogP contribution in [-0.2, 0) is 10.1 Å². The molecule has 2 rings (SSSR count). The van der Waals surface area contributed by atoms with E-state index in [9.17, 15) is 21.6 Å². The highest BCUT2D eigenvalue weighted by Gasteiger charge is 2.49. The van der Waals surface area contributed by atoms with Crippen molar-refractivity contribution in [2.24, 2.45) is 0 Å². The molecule has 0 radical (unpaired) electrons. The van der Waals surface area contributed by atoms with E-state index in [1.165, 1.54) is 6.07 Å². The van der Waals surface area contributed by atoms with Crippen LogP contribution in [0.3, 0.4) is 0 Å². The van der Waals surface area contributed by atoms with Gasteiger partial charge in [-0.05, 0) is 22.0 Å². The lowest BCUT2D eigenvalue weighted by molar-refractivity contribution is -0.0500. The van der Waals surface area contributed by atoms with Crippen molar-refractivity contribution in [1.29, 1.82) is 0 Å². The molecule has 0 saturated carbocycles. The molecule has 0 amide bonds. The maximum Gasteiger partial charge on any atom is 0.534 e. The number of rotatable bonds is 2. The monoisotopic (exact) mass is 390 g/mol. The van der Waals surface area contributed by atoms with Crippen LogP contribution in [0.1, 0.15) is 0 Å². The second-order valence-electron chi connectivity index (χ2n) is 3.45. The molecule has 0 spiro atoms. The molecule has 0 saturated heterocycles. The summed E-state index contributed by atoms with van der Waals surface area (Å²) >= 11 is 8.77. The molecule has 20 heavy (non-hydrogen) atoms. The van der Waals surface area contributed by atoms with E-state index in [2.05, 4.69) is 30.1 Å². The van der Waals surface area contributed by atoms with Crippen molar-refractivity contribution in [3.8, 4) is 5.88 Å². The molecular formula is C9H3BrClF3N2O3S. The Morgan fingerprint density at radius 2 is 1.85 bits per heavy atom. The first-order valence-corrected chi connectivity index (χ1v) is 7.30. The predicted molar refractivity (Wildman–Crippen MR) is 67.9 cm³/mol. The van der Waals surface area contributed by atoms with Crippen molar-refractivity contribution in [3.63, 3.8) is 0 Å². The highest BCUT2D eigenvalue weighted by molar-refractivity contribution is 9.10. The van der Waals surface area contributed by atoms with Gasteiger partial charge < -0.3 is 4.18 Å². The van der Waals surface area contributed by atoms with Crippen molar-refractivity contribution >= 4 is 48.4 Å². The van der Waals surface area contributed by atoms with Crippen molar-refractivity contribution in [3.05, 3.63) is 28.1 Å². The van der Waals surface area contributed by atoms with Gasteiger partial charge in [0.2, 0.25) is 5.88 Å². The zero-order valence-corrected chi connectivity index (χ0v) is 12.3. The molecule has 0 aromatic carbocycles. The number of hydrogen-bond donors (Lipinski definition) is 0. The number of nitrogens with zero attached hydrogens (tertiary/aromatic N) is 2. The molecule has 5 nitrogen and oxygen atoms in total. The molecule has 0 atom stereocenters. The first-order valence-electron chi connectivity index (χ1n) is 4.72. The van der Waals surface area contributed by atoms with E-state index in [4.69, 9.17) is 11.6 Å². The first-order chi connectivity index (χ1) is 9.12. The zero-order chi connectivity index (χ0) is 15.1. The quantitative estimate of drug-likeness (QED) is 0.446. The fourth-order valence-electron chi connectivity index (χ4n) is 1.27. The molecule has 2 heterocycles. The molecular weight excluding hydrogens is 389 g/mol. The third-order valence-corrected chi connectivity index (χ3v) is 3.91. The Hall–Kier alpha value is -1.13. The molecule has 2 aromatic rings. The van der Waals surface area contributed by atoms with Crippen LogP contribution in [0.15, 0.2) is 22.9 Å². The maximum absolute atomic E-state index is 12.3. The maximum atomic E-state index is 12.3. The van der Waals surface area contributed by atoms with Crippen LogP contribution in [0, 0.1) is 0 Å². The number of aromatic nitrogens is 2. The van der Waals surface area contributed by atoms with Crippen LogP contribution in [0.5, 0.6) is 5.88 Å². The van der Waals surface area contributed by atoms with E-state index in [1.807, 2.05) is 0 Å². The van der Waals surface area contributed by atoms with Gasteiger partial charge in [0, 0.05) is 22.3 Å². The fourth-order valence-corrected chi connectivity index (χ4v) is 2.29. The van der Waals surface area contributed by atoms with Crippen LogP contribution < -0.4 is 4.18 Å². The standard InChI is InChI=1S/C9H3BrClF3N2O3S/c10-6-3-16-8(19-20(17,18)9(12,13)14)5-2-15-7(11)1-4(5)6/h1-3H. The van der Waals surface area contributed by atoms with Crippen molar-refractivity contribution in [1.82, 2.24) is 9.97 Å². The van der Waals surface area contributed by atoms with E-state index in [0.29, 0.717) is 9.86 Å². The van der Waals surface area contributed by atoms with Crippen LogP contribution in [-0.4, -0.2) is 23.9 Å². The van der Waals surface area contributed by atoms with Gasteiger partial charge in [0.15, 0.2) is 0 Å². The third kappa shape index (κ3) is 2.81. The minimum Gasteiger partial charge on any atom is -0.355 e. The Morgan fingerprint density at radius 1 is 1.20 bits per heavy atom. The Kier molecular flexibility index (Phi) is 3.82. The third-order valence-electron chi connectivity index (χ3n) is 2.13. The zero-order valence-electron chi connectivity index (χ0n) is 9.15. The van der Waals surface area contributed by atoms with E-state index >= 15 is 0 Å². The van der Waals surface area contributed by atoms with Gasteiger partial charge in [0.25, 0.3) is 0 Å². The van der Waals surface area contributed by atoms with Gasteiger partial charge in [0.05, 0.1) is 5.39 Å². The summed E-state index contributed by atoms with van der Waals surface area (Å²) in [4.78, 5) is 7.15. The van der Waals surface area contributed by atoms with Gasteiger partial charge in [-0.15, -0.1) is 0 Å². The average Bonchev–Trinajstić information content (AvgIpc) is 2.31. The molecule has 11 heteroatoms. The van der Waals surface area contributed by atoms with Crippen molar-refractivity contribution in [2.45, 2.75) is 5.51 Å². The molecule has 0 fully saturated rings. The molecule has 2 aromatic heterocycles. The number of alkyl halides is 3. The SMILES string of the molecule is O=S(=O)(Oc1ncc(Br)c2cc(Cl)ncc12)C(F)(F)F. The number of halogens is 5. The average molecular weight is 392 g/mol. The number of pyridine rings is 2. The van der Waals surface area contributed by atoms with E-state index in [1.54, 1.807) is 0 Å². The van der Waals surface area contributed by atoms with Crippen LogP contribution in [0.4, 0.5) is 13.2 Å². The minimum absolute atomic E-state index is 0.0309. The highest BCUT2D eigenvalue weighted by atomic mass is 79.9. The summed E-state index contributed by atoms with van der Waals surface area (Å²) in [6.45, 7) is 0. The van der Waals surface area contributed by atoms with Gasteiger partial charge in [-0.3, -0.25) is 0 Å². The molecule has 108 valence electrons. The van der Waals surface area contributed by atoms with Crippen LogP contribution in [0.25, 0.3) is 10.8 Å². The van der Waals surface area contributed by atoms with Crippen LogP contribution >= 0.6 is 27.5 Å². The molecule has 0 aliphatic carbocycles. The Bertz CT molecular complexity index is 782. The van der Waals surface area contributed by atoms with E-state index in [-0.39, 0.29) is 10.5 Å². The molecule has 0 aliphatic rings. The summed E-state index contributed by atoms with van der Waals surface area (Å²) in [5.41, 5.74) is -5.55. The fraction of sp³-hybridized carbons (Fsp3) is 0.111. The normalized spacial score (nSPS) is 12.7. The summed E-state index contributed by atoms with van der Waals surface area (Å²) in [5, 5.41) is 0.359. The summed E-state index contributed by atoms with van der Waals surface area (Å²) in [6, 6.07) is 1.33. The van der Waals surface area contributed by atoms with Gasteiger partial charge in [0.1, 0.15) is 5.15 Å². The second kappa shape index (κ2) is 5.01.